The lowest BCUT2D eigenvalue weighted by Gasteiger charge is -2.28. The second-order valence-corrected chi connectivity index (χ2v) is 5.95. The van der Waals surface area contributed by atoms with Gasteiger partial charge in [0.05, 0.1) is 5.02 Å². The lowest BCUT2D eigenvalue weighted by atomic mass is 9.85. The molecule has 0 amide bonds. The summed E-state index contributed by atoms with van der Waals surface area (Å²) in [7, 11) is 0. The number of rotatable bonds is 2. The summed E-state index contributed by atoms with van der Waals surface area (Å²) < 4.78 is 0. The van der Waals surface area contributed by atoms with Crippen LogP contribution in [0.15, 0.2) is 18.5 Å². The molecule has 1 aliphatic carbocycles. The average molecular weight is 253 g/mol. The third kappa shape index (κ3) is 3.43. The summed E-state index contributed by atoms with van der Waals surface area (Å²) in [5, 5.41) is 0.745. The van der Waals surface area contributed by atoms with Gasteiger partial charge in [-0.25, -0.2) is 0 Å². The normalized spacial score (nSPS) is 29.9. The maximum atomic E-state index is 6.54. The Bertz CT molecular complexity index is 380. The molecule has 2 rings (SSSR count). The quantitative estimate of drug-likeness (QED) is 0.818. The summed E-state index contributed by atoms with van der Waals surface area (Å²) in [6.07, 6.45) is 10.4. The molecule has 1 aromatic heterocycles. The number of nitrogens with two attached hydrogens (primary N) is 1. The van der Waals surface area contributed by atoms with Crippen LogP contribution in [-0.2, 0) is 6.42 Å². The second-order valence-electron chi connectivity index (χ2n) is 5.54. The van der Waals surface area contributed by atoms with Gasteiger partial charge in [0.1, 0.15) is 0 Å². The fraction of sp³-hybridized carbons (Fsp3) is 0.643. The molecule has 2 N–H and O–H groups in total. The van der Waals surface area contributed by atoms with Gasteiger partial charge in [0, 0.05) is 17.9 Å². The largest absolute Gasteiger partial charge is 0.325 e. The Kier molecular flexibility index (Phi) is 4.05. The Hall–Kier alpha value is -0.600. The predicted octanol–water partition coefficient (Wildman–Crippen LogP) is 3.58. The lowest BCUT2D eigenvalue weighted by Crippen LogP contribution is -2.41. The Morgan fingerprint density at radius 2 is 2.29 bits per heavy atom. The molecule has 2 unspecified atom stereocenters. The van der Waals surface area contributed by atoms with Crippen LogP contribution >= 0.6 is 11.6 Å². The van der Waals surface area contributed by atoms with Crippen LogP contribution in [0.5, 0.6) is 0 Å². The molecule has 0 aliphatic heterocycles. The Morgan fingerprint density at radius 3 is 3.06 bits per heavy atom. The van der Waals surface area contributed by atoms with Crippen molar-refractivity contribution in [2.75, 3.05) is 0 Å². The van der Waals surface area contributed by atoms with Gasteiger partial charge < -0.3 is 5.73 Å². The first-order valence-electron chi connectivity index (χ1n) is 6.46. The fourth-order valence-electron chi connectivity index (χ4n) is 2.71. The van der Waals surface area contributed by atoms with E-state index in [0.29, 0.717) is 0 Å². The van der Waals surface area contributed by atoms with E-state index in [2.05, 4.69) is 11.9 Å². The minimum Gasteiger partial charge on any atom is -0.325 e. The summed E-state index contributed by atoms with van der Waals surface area (Å²) in [5.74, 6) is 0.813. The highest BCUT2D eigenvalue weighted by molar-refractivity contribution is 6.31. The Labute approximate surface area is 109 Å². The van der Waals surface area contributed by atoms with Crippen LogP contribution in [0.1, 0.15) is 44.6 Å². The Balaban J connectivity index is 2.09. The van der Waals surface area contributed by atoms with Crippen LogP contribution in [0.4, 0.5) is 0 Å². The molecule has 0 spiro atoms. The monoisotopic (exact) mass is 252 g/mol. The number of hydrogen-bond donors (Lipinski definition) is 1. The smallest absolute Gasteiger partial charge is 0.0621 e. The first-order chi connectivity index (χ1) is 8.09. The van der Waals surface area contributed by atoms with Crippen molar-refractivity contribution in [1.82, 2.24) is 4.98 Å². The molecule has 94 valence electrons. The van der Waals surface area contributed by atoms with Crippen molar-refractivity contribution in [3.05, 3.63) is 29.0 Å². The van der Waals surface area contributed by atoms with Gasteiger partial charge in [-0.15, -0.1) is 0 Å². The lowest BCUT2D eigenvalue weighted by molar-refractivity contribution is 0.363. The van der Waals surface area contributed by atoms with E-state index in [0.717, 1.165) is 35.8 Å². The van der Waals surface area contributed by atoms with Gasteiger partial charge >= 0.3 is 0 Å². The zero-order valence-corrected chi connectivity index (χ0v) is 11.2. The molecule has 1 heterocycles. The van der Waals surface area contributed by atoms with Crippen LogP contribution in [0.25, 0.3) is 0 Å². The molecule has 0 bridgehead atoms. The number of nitrogens with zero attached hydrogens (tertiary/aromatic N) is 1. The molecule has 1 aromatic rings. The highest BCUT2D eigenvalue weighted by Gasteiger charge is 2.28. The molecule has 0 saturated heterocycles. The van der Waals surface area contributed by atoms with Gasteiger partial charge in [-0.1, -0.05) is 31.4 Å². The molecule has 1 saturated carbocycles. The number of aromatic nitrogens is 1. The number of pyridine rings is 1. The van der Waals surface area contributed by atoms with Crippen molar-refractivity contribution >= 4 is 11.6 Å². The zero-order valence-electron chi connectivity index (χ0n) is 10.5. The first kappa shape index (κ1) is 12.8. The third-order valence-corrected chi connectivity index (χ3v) is 4.25. The van der Waals surface area contributed by atoms with Gasteiger partial charge in [0.15, 0.2) is 0 Å². The summed E-state index contributed by atoms with van der Waals surface area (Å²) in [5.41, 5.74) is 7.61. The average Bonchev–Trinajstić information content (AvgIpc) is 2.45. The maximum absolute atomic E-state index is 6.54. The highest BCUT2D eigenvalue weighted by Crippen LogP contribution is 2.32. The number of hydrogen-bond acceptors (Lipinski definition) is 2. The van der Waals surface area contributed by atoms with Crippen molar-refractivity contribution in [3.63, 3.8) is 0 Å². The van der Waals surface area contributed by atoms with Crippen LogP contribution < -0.4 is 5.73 Å². The Morgan fingerprint density at radius 1 is 1.47 bits per heavy atom. The molecule has 0 aromatic carbocycles. The molecule has 1 fully saturated rings. The van der Waals surface area contributed by atoms with Gasteiger partial charge in [0.25, 0.3) is 0 Å². The van der Waals surface area contributed by atoms with Crippen molar-refractivity contribution < 1.29 is 0 Å². The summed E-state index contributed by atoms with van der Waals surface area (Å²) in [4.78, 5) is 4.02. The van der Waals surface area contributed by atoms with Crippen molar-refractivity contribution in [1.29, 1.82) is 0 Å². The summed E-state index contributed by atoms with van der Waals surface area (Å²) in [6.45, 7) is 2.32. The third-order valence-electron chi connectivity index (χ3n) is 3.91. The van der Waals surface area contributed by atoms with Gasteiger partial charge in [-0.2, -0.15) is 0 Å². The molecule has 17 heavy (non-hydrogen) atoms. The molecule has 1 aliphatic rings. The van der Waals surface area contributed by atoms with Gasteiger partial charge in [-0.3, -0.25) is 4.98 Å². The standard InChI is InChI=1S/C14H21ClN2/c1-11-3-2-6-14(16,7-4-11)9-12-5-8-17-10-13(12)15/h5,8,10-11H,2-4,6-7,9,16H2,1H3. The topological polar surface area (TPSA) is 38.9 Å². The second kappa shape index (κ2) is 5.36. The molecular weight excluding hydrogens is 232 g/mol. The molecule has 2 atom stereocenters. The SMILES string of the molecule is CC1CCCC(N)(Cc2ccncc2Cl)CC1. The minimum atomic E-state index is -0.0737. The fourth-order valence-corrected chi connectivity index (χ4v) is 2.90. The van der Waals surface area contributed by atoms with E-state index in [-0.39, 0.29) is 5.54 Å². The van der Waals surface area contributed by atoms with Crippen LogP contribution in [0, 0.1) is 5.92 Å². The van der Waals surface area contributed by atoms with Crippen LogP contribution in [-0.4, -0.2) is 10.5 Å². The van der Waals surface area contributed by atoms with E-state index in [9.17, 15) is 0 Å². The van der Waals surface area contributed by atoms with Gasteiger partial charge in [-0.05, 0) is 43.2 Å². The van der Waals surface area contributed by atoms with Crippen LogP contribution in [0.3, 0.4) is 0 Å². The van der Waals surface area contributed by atoms with E-state index in [4.69, 9.17) is 17.3 Å². The summed E-state index contributed by atoms with van der Waals surface area (Å²) >= 11 is 6.16. The van der Waals surface area contributed by atoms with E-state index in [1.54, 1.807) is 12.4 Å². The molecule has 3 heteroatoms. The predicted molar refractivity (Wildman–Crippen MR) is 72.1 cm³/mol. The van der Waals surface area contributed by atoms with E-state index < -0.39 is 0 Å². The van der Waals surface area contributed by atoms with Crippen molar-refractivity contribution in [2.45, 2.75) is 51.0 Å². The minimum absolute atomic E-state index is 0.0737. The molecule has 2 nitrogen and oxygen atoms in total. The highest BCUT2D eigenvalue weighted by atomic mass is 35.5. The summed E-state index contributed by atoms with van der Waals surface area (Å²) in [6, 6.07) is 1.99. The zero-order chi connectivity index (χ0) is 12.3. The van der Waals surface area contributed by atoms with E-state index >= 15 is 0 Å². The molecular formula is C14H21ClN2. The van der Waals surface area contributed by atoms with Crippen molar-refractivity contribution in [3.8, 4) is 0 Å². The maximum Gasteiger partial charge on any atom is 0.0621 e. The van der Waals surface area contributed by atoms with Crippen molar-refractivity contribution in [2.24, 2.45) is 11.7 Å². The van der Waals surface area contributed by atoms with Gasteiger partial charge in [0.2, 0.25) is 0 Å². The van der Waals surface area contributed by atoms with E-state index in [1.807, 2.05) is 6.07 Å². The van der Waals surface area contributed by atoms with Crippen LogP contribution in [0.2, 0.25) is 5.02 Å². The number of halogens is 1. The van der Waals surface area contributed by atoms with E-state index in [1.165, 1.54) is 19.3 Å². The molecule has 0 radical (unpaired) electrons. The first-order valence-corrected chi connectivity index (χ1v) is 6.84.